The molecule has 1 amide bonds. The lowest BCUT2D eigenvalue weighted by molar-refractivity contribution is -0.120. The van der Waals surface area contributed by atoms with Crippen molar-refractivity contribution >= 4 is 21.6 Å². The summed E-state index contributed by atoms with van der Waals surface area (Å²) in [6.07, 6.45) is 9.12. The molecule has 2 N–H and O–H groups in total. The van der Waals surface area contributed by atoms with Crippen LogP contribution in [0.5, 0.6) is 0 Å². The number of nitrogens with one attached hydrogen (secondary N) is 2. The maximum atomic E-state index is 12.7. The molecular weight excluding hydrogens is 324 g/mol. The van der Waals surface area contributed by atoms with Gasteiger partial charge in [0.2, 0.25) is 5.91 Å². The third kappa shape index (κ3) is 3.80. The van der Waals surface area contributed by atoms with E-state index in [1.165, 1.54) is 0 Å². The van der Waals surface area contributed by atoms with E-state index in [4.69, 9.17) is 0 Å². The predicted molar refractivity (Wildman–Crippen MR) is 94.2 cm³/mol. The number of hydrogen-bond acceptors (Lipinski definition) is 4. The number of fused-ring (bicyclic) bond motifs is 2. The van der Waals surface area contributed by atoms with Crippen LogP contribution in [0.3, 0.4) is 0 Å². The zero-order valence-corrected chi connectivity index (χ0v) is 14.7. The van der Waals surface area contributed by atoms with Gasteiger partial charge in [-0.05, 0) is 50.2 Å². The lowest BCUT2D eigenvalue weighted by atomic mass is 10.1. The molecule has 2 aliphatic rings. The van der Waals surface area contributed by atoms with Gasteiger partial charge in [0.25, 0.3) is 10.0 Å². The van der Waals surface area contributed by atoms with E-state index in [2.05, 4.69) is 22.2 Å². The normalized spacial score (nSPS) is 28.1. The summed E-state index contributed by atoms with van der Waals surface area (Å²) in [5.74, 6) is -0.435. The quantitative estimate of drug-likeness (QED) is 0.707. The molecule has 0 radical (unpaired) electrons. The maximum Gasteiger partial charge on any atom is 0.266 e. The molecule has 0 bridgehead atoms. The molecule has 0 unspecified atom stereocenters. The molecular formula is C18H24N2O3S. The zero-order valence-electron chi connectivity index (χ0n) is 13.9. The van der Waals surface area contributed by atoms with Gasteiger partial charge in [-0.3, -0.25) is 4.79 Å². The molecule has 5 nitrogen and oxygen atoms in total. The van der Waals surface area contributed by atoms with Crippen LogP contribution in [-0.2, 0) is 14.8 Å². The van der Waals surface area contributed by atoms with E-state index in [9.17, 15) is 13.2 Å². The van der Waals surface area contributed by atoms with Crippen LogP contribution in [0.25, 0.3) is 0 Å². The van der Waals surface area contributed by atoms with Gasteiger partial charge in [0.05, 0.1) is 5.69 Å². The van der Waals surface area contributed by atoms with Gasteiger partial charge in [-0.25, -0.2) is 13.1 Å². The zero-order chi connectivity index (χ0) is 17.2. The molecule has 1 fully saturated rings. The summed E-state index contributed by atoms with van der Waals surface area (Å²) in [7, 11) is -3.87. The number of carbonyl (C=O) groups excluding carboxylic acids is 1. The van der Waals surface area contributed by atoms with Crippen LogP contribution in [-0.4, -0.2) is 20.9 Å². The Hall–Kier alpha value is -1.82. The van der Waals surface area contributed by atoms with Gasteiger partial charge in [-0.1, -0.05) is 30.7 Å². The largest absolute Gasteiger partial charge is 0.384 e. The molecule has 1 aromatic carbocycles. The van der Waals surface area contributed by atoms with E-state index >= 15 is 0 Å². The fourth-order valence-corrected chi connectivity index (χ4v) is 4.63. The second-order valence-corrected chi connectivity index (χ2v) is 8.25. The van der Waals surface area contributed by atoms with Gasteiger partial charge < -0.3 is 5.32 Å². The van der Waals surface area contributed by atoms with Crippen LogP contribution in [0.1, 0.15) is 37.7 Å². The highest BCUT2D eigenvalue weighted by Crippen LogP contribution is 2.40. The Kier molecular flexibility index (Phi) is 4.94. The minimum absolute atomic E-state index is 0.180. The monoisotopic (exact) mass is 348 g/mol. The number of sulfonamides is 1. The first-order valence-corrected chi connectivity index (χ1v) is 10.0. The maximum absolute atomic E-state index is 12.7. The number of anilines is 1. The van der Waals surface area contributed by atoms with Crippen molar-refractivity contribution in [1.82, 2.24) is 4.72 Å². The van der Waals surface area contributed by atoms with Gasteiger partial charge >= 0.3 is 0 Å². The third-order valence-electron chi connectivity index (χ3n) is 4.64. The second kappa shape index (κ2) is 6.97. The Morgan fingerprint density at radius 2 is 2.00 bits per heavy atom. The highest BCUT2D eigenvalue weighted by Gasteiger charge is 2.42. The van der Waals surface area contributed by atoms with Crippen molar-refractivity contribution in [2.45, 2.75) is 43.9 Å². The molecule has 1 aliphatic heterocycles. The summed E-state index contributed by atoms with van der Waals surface area (Å²) >= 11 is 0. The molecule has 1 saturated carbocycles. The highest BCUT2D eigenvalue weighted by molar-refractivity contribution is 7.90. The van der Waals surface area contributed by atoms with Crippen molar-refractivity contribution in [2.75, 3.05) is 11.9 Å². The first kappa shape index (κ1) is 17.0. The van der Waals surface area contributed by atoms with Crippen LogP contribution in [0.4, 0.5) is 5.69 Å². The average Bonchev–Trinajstić information content (AvgIpc) is 3.28. The summed E-state index contributed by atoms with van der Waals surface area (Å²) in [5.41, 5.74) is 1.20. The first-order valence-electron chi connectivity index (χ1n) is 8.56. The van der Waals surface area contributed by atoms with Crippen molar-refractivity contribution in [3.63, 3.8) is 0 Å². The van der Waals surface area contributed by atoms with Crippen LogP contribution in [0, 0.1) is 18.8 Å². The van der Waals surface area contributed by atoms with Gasteiger partial charge in [-0.15, -0.1) is 0 Å². The first-order chi connectivity index (χ1) is 11.5. The van der Waals surface area contributed by atoms with Crippen molar-refractivity contribution in [3.8, 4) is 0 Å². The number of amides is 1. The molecule has 0 saturated heterocycles. The lowest BCUT2D eigenvalue weighted by Gasteiger charge is -2.15. The molecule has 130 valence electrons. The third-order valence-corrected chi connectivity index (χ3v) is 6.19. The Morgan fingerprint density at radius 3 is 2.83 bits per heavy atom. The standard InChI is InChI=1S/C18H24N2O3S/c1-13-8-7-10-16-17(13)24(22,23)20-18(21)15-12-14(15)9-5-3-2-4-6-11-19-16/h5,7-10,14-15,19H,2-4,6,11-12H2,1H3,(H,20,21)/b9-5-/t14-,15+/m1/s1. The van der Waals surface area contributed by atoms with Crippen molar-refractivity contribution in [3.05, 3.63) is 35.9 Å². The number of hydrogen-bond donors (Lipinski definition) is 2. The average molecular weight is 348 g/mol. The van der Waals surface area contributed by atoms with Gasteiger partial charge in [0.15, 0.2) is 0 Å². The number of aryl methyl sites for hydroxylation is 1. The molecule has 1 heterocycles. The van der Waals surface area contributed by atoms with Gasteiger partial charge in [0.1, 0.15) is 4.90 Å². The van der Waals surface area contributed by atoms with E-state index in [-0.39, 0.29) is 16.7 Å². The van der Waals surface area contributed by atoms with E-state index in [1.807, 2.05) is 6.07 Å². The molecule has 0 aromatic heterocycles. The van der Waals surface area contributed by atoms with Crippen LogP contribution < -0.4 is 10.0 Å². The Balaban J connectivity index is 1.90. The van der Waals surface area contributed by atoms with Crippen LogP contribution >= 0.6 is 0 Å². The number of carbonyl (C=O) groups is 1. The fourth-order valence-electron chi connectivity index (χ4n) is 3.19. The van der Waals surface area contributed by atoms with E-state index < -0.39 is 15.9 Å². The summed E-state index contributed by atoms with van der Waals surface area (Å²) < 4.78 is 27.7. The SMILES string of the molecule is Cc1cccc2c1S(=O)(=O)NC(=O)[C@H]1C[C@H]1/C=C\CCCCCN2. The van der Waals surface area contributed by atoms with E-state index in [0.717, 1.165) is 38.6 Å². The second-order valence-electron chi connectivity index (χ2n) is 6.63. The Labute approximate surface area is 143 Å². The fraction of sp³-hybridized carbons (Fsp3) is 0.500. The van der Waals surface area contributed by atoms with Crippen molar-refractivity contribution in [1.29, 1.82) is 0 Å². The topological polar surface area (TPSA) is 75.3 Å². The molecule has 3 rings (SSSR count). The molecule has 1 aliphatic carbocycles. The predicted octanol–water partition coefficient (Wildman–Crippen LogP) is 2.98. The Bertz CT molecular complexity index is 756. The van der Waals surface area contributed by atoms with Crippen LogP contribution in [0.15, 0.2) is 35.2 Å². The Morgan fingerprint density at radius 1 is 1.17 bits per heavy atom. The van der Waals surface area contributed by atoms with Crippen molar-refractivity contribution in [2.24, 2.45) is 11.8 Å². The molecule has 1 aromatic rings. The molecule has 0 spiro atoms. The number of benzene rings is 1. The minimum Gasteiger partial charge on any atom is -0.384 e. The van der Waals surface area contributed by atoms with Gasteiger partial charge in [0, 0.05) is 12.5 Å². The van der Waals surface area contributed by atoms with Gasteiger partial charge in [-0.2, -0.15) is 0 Å². The van der Waals surface area contributed by atoms with Crippen molar-refractivity contribution < 1.29 is 13.2 Å². The van der Waals surface area contributed by atoms with E-state index in [0.29, 0.717) is 11.3 Å². The number of allylic oxidation sites excluding steroid dienone is 2. The summed E-state index contributed by atoms with van der Waals surface area (Å²) in [6.45, 7) is 2.47. The molecule has 2 atom stereocenters. The minimum atomic E-state index is -3.87. The lowest BCUT2D eigenvalue weighted by Crippen LogP contribution is -2.33. The summed E-state index contributed by atoms with van der Waals surface area (Å²) in [6, 6.07) is 5.33. The smallest absolute Gasteiger partial charge is 0.266 e. The summed E-state index contributed by atoms with van der Waals surface area (Å²) in [5, 5.41) is 3.22. The number of rotatable bonds is 0. The highest BCUT2D eigenvalue weighted by atomic mass is 32.2. The van der Waals surface area contributed by atoms with Crippen LogP contribution in [0.2, 0.25) is 0 Å². The molecule has 6 heteroatoms. The molecule has 24 heavy (non-hydrogen) atoms. The van der Waals surface area contributed by atoms with E-state index in [1.54, 1.807) is 19.1 Å². The summed E-state index contributed by atoms with van der Waals surface area (Å²) in [4.78, 5) is 12.5.